The minimum atomic E-state index is 0.00653. The normalized spacial score (nSPS) is 29.8. The summed E-state index contributed by atoms with van der Waals surface area (Å²) >= 11 is 0. The molecule has 1 aromatic carbocycles. The van der Waals surface area contributed by atoms with Crippen molar-refractivity contribution in [3.8, 4) is 0 Å². The molecule has 18 heavy (non-hydrogen) atoms. The third-order valence-electron chi connectivity index (χ3n) is 4.74. The van der Waals surface area contributed by atoms with Crippen LogP contribution in [0.3, 0.4) is 0 Å². The summed E-state index contributed by atoms with van der Waals surface area (Å²) in [6, 6.07) is 11.0. The van der Waals surface area contributed by atoms with Crippen LogP contribution in [0, 0.1) is 0 Å². The van der Waals surface area contributed by atoms with Crippen LogP contribution in [0.1, 0.15) is 58.3 Å². The van der Waals surface area contributed by atoms with E-state index in [4.69, 9.17) is 1.37 Å². The Morgan fingerprint density at radius 1 is 0.889 bits per heavy atom. The minimum absolute atomic E-state index is 0.00653. The Morgan fingerprint density at radius 3 is 2.33 bits per heavy atom. The van der Waals surface area contributed by atoms with Gasteiger partial charge in [-0.1, -0.05) is 56.0 Å². The quantitative estimate of drug-likeness (QED) is 0.748. The largest absolute Gasteiger partial charge is 0.294 e. The zero-order valence-electron chi connectivity index (χ0n) is 12.3. The fourth-order valence-electron chi connectivity index (χ4n) is 3.78. The van der Waals surface area contributed by atoms with Gasteiger partial charge in [-0.15, -0.1) is 0 Å². The van der Waals surface area contributed by atoms with Crippen LogP contribution in [-0.2, 0) is 5.54 Å². The fraction of sp³-hybridized carbons (Fsp3) is 0.647. The molecule has 1 saturated carbocycles. The van der Waals surface area contributed by atoms with Crippen LogP contribution in [0.5, 0.6) is 0 Å². The molecule has 98 valence electrons. The Kier molecular flexibility index (Phi) is 3.34. The van der Waals surface area contributed by atoms with Gasteiger partial charge in [-0.3, -0.25) is 4.90 Å². The molecule has 1 atom stereocenters. The van der Waals surface area contributed by atoms with Crippen molar-refractivity contribution in [2.45, 2.75) is 56.9 Å². The first-order chi connectivity index (χ1) is 9.33. The number of piperidine rings is 1. The van der Waals surface area contributed by atoms with Crippen LogP contribution in [0.2, 0.25) is 0 Å². The second-order valence-electron chi connectivity index (χ2n) is 5.83. The van der Waals surface area contributed by atoms with Gasteiger partial charge in [0.25, 0.3) is 0 Å². The molecule has 0 aromatic heterocycles. The third-order valence-corrected chi connectivity index (χ3v) is 4.74. The molecule has 0 radical (unpaired) electrons. The number of nitrogens with zero attached hydrogens (tertiary/aromatic N) is 1. The van der Waals surface area contributed by atoms with E-state index in [1.165, 1.54) is 50.5 Å². The standard InChI is InChI=1S/C17H25N/c1-4-10-16(11-5-1)17(12-6-2-7-13-17)18-14-8-3-9-15-18/h1,4-5,10-11H,2-3,6-9,12-15H2/i14D. The zero-order valence-corrected chi connectivity index (χ0v) is 11.3. The maximum atomic E-state index is 8.47. The van der Waals surface area contributed by atoms with Crippen LogP contribution in [0.4, 0.5) is 0 Å². The SMILES string of the molecule is [2H]C1CCCCN1C1(c2ccccc2)CCCCC1. The number of likely N-dealkylation sites (tertiary alicyclic amines) is 1. The summed E-state index contributed by atoms with van der Waals surface area (Å²) in [5.74, 6) is 0. The van der Waals surface area contributed by atoms with Gasteiger partial charge in [-0.25, -0.2) is 0 Å². The van der Waals surface area contributed by atoms with Gasteiger partial charge in [0.05, 0.1) is 0 Å². The van der Waals surface area contributed by atoms with Gasteiger partial charge in [0.1, 0.15) is 0 Å². The fourth-order valence-corrected chi connectivity index (χ4v) is 3.78. The molecule has 3 rings (SSSR count). The van der Waals surface area contributed by atoms with E-state index in [2.05, 4.69) is 35.2 Å². The highest BCUT2D eigenvalue weighted by molar-refractivity contribution is 5.25. The van der Waals surface area contributed by atoms with Gasteiger partial charge < -0.3 is 0 Å². The van der Waals surface area contributed by atoms with Gasteiger partial charge in [-0.05, 0) is 44.3 Å². The number of rotatable bonds is 2. The molecule has 1 heterocycles. The van der Waals surface area contributed by atoms with Crippen LogP contribution < -0.4 is 0 Å². The first-order valence-corrected chi connectivity index (χ1v) is 7.57. The molecule has 1 heteroatoms. The topological polar surface area (TPSA) is 3.24 Å². The van der Waals surface area contributed by atoms with Crippen LogP contribution in [0.15, 0.2) is 30.3 Å². The smallest absolute Gasteiger partial charge is 0.0460 e. The molecule has 1 aliphatic heterocycles. The van der Waals surface area contributed by atoms with Crippen LogP contribution >= 0.6 is 0 Å². The van der Waals surface area contributed by atoms with Gasteiger partial charge in [-0.2, -0.15) is 0 Å². The monoisotopic (exact) mass is 244 g/mol. The van der Waals surface area contributed by atoms with Crippen molar-refractivity contribution < 1.29 is 1.37 Å². The maximum Gasteiger partial charge on any atom is 0.0460 e. The molecule has 0 spiro atoms. The lowest BCUT2D eigenvalue weighted by Crippen LogP contribution is -2.49. The minimum Gasteiger partial charge on any atom is -0.294 e. The Morgan fingerprint density at radius 2 is 1.61 bits per heavy atom. The molecule has 2 fully saturated rings. The highest BCUT2D eigenvalue weighted by atomic mass is 15.2. The molecule has 2 aliphatic rings. The average molecular weight is 244 g/mol. The molecule has 1 saturated heterocycles. The van der Waals surface area contributed by atoms with E-state index in [0.717, 1.165) is 13.0 Å². The van der Waals surface area contributed by atoms with E-state index in [1.54, 1.807) is 0 Å². The second-order valence-corrected chi connectivity index (χ2v) is 5.83. The molecular formula is C17H25N. The number of benzene rings is 1. The predicted molar refractivity (Wildman–Crippen MR) is 76.6 cm³/mol. The van der Waals surface area contributed by atoms with Gasteiger partial charge in [0.15, 0.2) is 0 Å². The third kappa shape index (κ3) is 2.21. The van der Waals surface area contributed by atoms with E-state index in [1.807, 2.05) is 0 Å². The lowest BCUT2D eigenvalue weighted by atomic mass is 9.74. The molecule has 0 N–H and O–H groups in total. The van der Waals surface area contributed by atoms with Gasteiger partial charge in [0, 0.05) is 6.91 Å². The highest BCUT2D eigenvalue weighted by Crippen LogP contribution is 2.43. The van der Waals surface area contributed by atoms with E-state index in [0.29, 0.717) is 0 Å². The number of hydrogen-bond donors (Lipinski definition) is 0. The average Bonchev–Trinajstić information content (AvgIpc) is 2.49. The van der Waals surface area contributed by atoms with Gasteiger partial charge in [0.2, 0.25) is 0 Å². The van der Waals surface area contributed by atoms with Crippen molar-refractivity contribution in [1.29, 1.82) is 0 Å². The van der Waals surface area contributed by atoms with Gasteiger partial charge >= 0.3 is 0 Å². The Balaban J connectivity index is 1.96. The Bertz CT molecular complexity index is 397. The summed E-state index contributed by atoms with van der Waals surface area (Å²) < 4.78 is 8.47. The summed E-state index contributed by atoms with van der Waals surface area (Å²) in [7, 11) is 0. The van der Waals surface area contributed by atoms with Crippen molar-refractivity contribution in [2.24, 2.45) is 0 Å². The Hall–Kier alpha value is -0.820. The first kappa shape index (κ1) is 11.0. The predicted octanol–water partition coefficient (Wildman–Crippen LogP) is 4.33. The van der Waals surface area contributed by atoms with E-state index >= 15 is 0 Å². The lowest BCUT2D eigenvalue weighted by molar-refractivity contribution is 0.0303. The molecule has 1 aliphatic carbocycles. The van der Waals surface area contributed by atoms with E-state index < -0.39 is 0 Å². The summed E-state index contributed by atoms with van der Waals surface area (Å²) in [5.41, 5.74) is 1.61. The van der Waals surface area contributed by atoms with Crippen molar-refractivity contribution in [1.82, 2.24) is 4.90 Å². The first-order valence-electron chi connectivity index (χ1n) is 8.15. The summed E-state index contributed by atoms with van der Waals surface area (Å²) in [6.45, 7) is 1.12. The van der Waals surface area contributed by atoms with Crippen LogP contribution in [0.25, 0.3) is 0 Å². The zero-order chi connectivity index (χ0) is 13.1. The lowest BCUT2D eigenvalue weighted by Gasteiger charge is -2.48. The summed E-state index contributed by atoms with van der Waals surface area (Å²) in [5, 5.41) is 0. The molecule has 1 aromatic rings. The highest BCUT2D eigenvalue weighted by Gasteiger charge is 2.39. The molecule has 0 bridgehead atoms. The maximum absolute atomic E-state index is 8.47. The molecule has 1 unspecified atom stereocenters. The molecule has 1 nitrogen and oxygen atoms in total. The number of hydrogen-bond acceptors (Lipinski definition) is 1. The van der Waals surface area contributed by atoms with E-state index in [9.17, 15) is 0 Å². The van der Waals surface area contributed by atoms with Crippen molar-refractivity contribution in [2.75, 3.05) is 13.1 Å². The molecular weight excluding hydrogens is 218 g/mol. The summed E-state index contributed by atoms with van der Waals surface area (Å²) in [4.78, 5) is 2.52. The van der Waals surface area contributed by atoms with Crippen molar-refractivity contribution in [3.05, 3.63) is 35.9 Å². The van der Waals surface area contributed by atoms with Crippen molar-refractivity contribution in [3.63, 3.8) is 0 Å². The van der Waals surface area contributed by atoms with E-state index in [-0.39, 0.29) is 12.1 Å². The summed E-state index contributed by atoms with van der Waals surface area (Å²) in [6.07, 6.45) is 10.0. The van der Waals surface area contributed by atoms with Crippen LogP contribution in [-0.4, -0.2) is 18.0 Å². The second kappa shape index (κ2) is 5.44. The van der Waals surface area contributed by atoms with Crippen molar-refractivity contribution >= 4 is 0 Å². The molecule has 0 amide bonds. The Labute approximate surface area is 113 Å².